The molecule has 3 N–H and O–H groups in total. The molecule has 1 aliphatic rings. The first-order chi connectivity index (χ1) is 16.2. The molecule has 4 heterocycles. The van der Waals surface area contributed by atoms with Gasteiger partial charge in [-0.3, -0.25) is 0 Å². The summed E-state index contributed by atoms with van der Waals surface area (Å²) in [6, 6.07) is 2.77. The zero-order valence-corrected chi connectivity index (χ0v) is 18.5. The second kappa shape index (κ2) is 8.39. The molecule has 1 unspecified atom stereocenters. The number of halogens is 4. The lowest BCUT2D eigenvalue weighted by Gasteiger charge is -2.24. The molecule has 178 valence electrons. The van der Waals surface area contributed by atoms with Crippen LogP contribution in [0.1, 0.15) is 29.9 Å². The third kappa shape index (κ3) is 4.00. The van der Waals surface area contributed by atoms with Gasteiger partial charge in [0.1, 0.15) is 17.1 Å². The first-order valence-corrected chi connectivity index (χ1v) is 10.9. The molecule has 1 saturated heterocycles. The summed E-state index contributed by atoms with van der Waals surface area (Å²) >= 11 is 0. The largest absolute Gasteiger partial charge is 0.419 e. The standard InChI is InChI=1S/C23H22F4N6O/c1-11-20(12(2)34-33-11)15-7-19-14(6-18(15)24)16(9-29-19)21-17(23(25,26)27)10-30-22(32-21)31-13-4-3-5-28-8-13/h6-7,9-10,13,28-29H,3-5,8H2,1-2H3,(H,30,31,32). The fourth-order valence-electron chi connectivity index (χ4n) is 4.42. The number of alkyl halides is 3. The predicted molar refractivity (Wildman–Crippen MR) is 119 cm³/mol. The van der Waals surface area contributed by atoms with Gasteiger partial charge in [-0.25, -0.2) is 14.4 Å². The van der Waals surface area contributed by atoms with Gasteiger partial charge in [0.05, 0.1) is 17.0 Å². The minimum Gasteiger partial charge on any atom is -0.361 e. The number of aryl methyl sites for hydroxylation is 2. The van der Waals surface area contributed by atoms with Crippen molar-refractivity contribution in [2.45, 2.75) is 38.9 Å². The lowest BCUT2D eigenvalue weighted by atomic mass is 9.99. The Kier molecular flexibility index (Phi) is 5.51. The summed E-state index contributed by atoms with van der Waals surface area (Å²) in [5.74, 6) is -0.0542. The topological polar surface area (TPSA) is 91.7 Å². The van der Waals surface area contributed by atoms with E-state index in [-0.39, 0.29) is 34.2 Å². The molecule has 7 nitrogen and oxygen atoms in total. The van der Waals surface area contributed by atoms with Gasteiger partial charge in [0.25, 0.3) is 0 Å². The molecule has 0 radical (unpaired) electrons. The van der Waals surface area contributed by atoms with Crippen molar-refractivity contribution < 1.29 is 22.1 Å². The number of hydrogen-bond acceptors (Lipinski definition) is 6. The number of nitrogens with zero attached hydrogens (tertiary/aromatic N) is 3. The van der Waals surface area contributed by atoms with Gasteiger partial charge in [-0.2, -0.15) is 13.2 Å². The van der Waals surface area contributed by atoms with E-state index in [0.29, 0.717) is 29.1 Å². The molecule has 5 rings (SSSR count). The number of benzene rings is 1. The maximum absolute atomic E-state index is 15.2. The molecule has 0 bridgehead atoms. The van der Waals surface area contributed by atoms with Crippen molar-refractivity contribution in [3.05, 3.63) is 47.4 Å². The van der Waals surface area contributed by atoms with E-state index in [0.717, 1.165) is 25.6 Å². The van der Waals surface area contributed by atoms with Gasteiger partial charge in [-0.05, 0) is 45.4 Å². The van der Waals surface area contributed by atoms with E-state index in [1.807, 2.05) is 0 Å². The number of rotatable bonds is 4. The highest BCUT2D eigenvalue weighted by Crippen LogP contribution is 2.40. The molecule has 1 aliphatic heterocycles. The normalized spacial score (nSPS) is 16.8. The van der Waals surface area contributed by atoms with Crippen LogP contribution >= 0.6 is 0 Å². The van der Waals surface area contributed by atoms with Crippen molar-refractivity contribution in [3.63, 3.8) is 0 Å². The molecule has 4 aromatic rings. The van der Waals surface area contributed by atoms with E-state index in [1.165, 1.54) is 12.3 Å². The predicted octanol–water partition coefficient (Wildman–Crippen LogP) is 5.22. The Bertz CT molecular complexity index is 1330. The van der Waals surface area contributed by atoms with E-state index >= 15 is 4.39 Å². The summed E-state index contributed by atoms with van der Waals surface area (Å²) in [5.41, 5.74) is 0.582. The Hall–Kier alpha value is -3.47. The maximum Gasteiger partial charge on any atom is 0.419 e. The Balaban J connectivity index is 1.62. The van der Waals surface area contributed by atoms with E-state index in [2.05, 4.69) is 30.7 Å². The molecule has 1 fully saturated rings. The minimum atomic E-state index is -4.68. The van der Waals surface area contributed by atoms with Crippen molar-refractivity contribution in [1.82, 2.24) is 25.4 Å². The third-order valence-corrected chi connectivity index (χ3v) is 6.05. The number of aromatic nitrogens is 4. The highest BCUT2D eigenvalue weighted by molar-refractivity contribution is 5.98. The van der Waals surface area contributed by atoms with Crippen LogP contribution in [0.3, 0.4) is 0 Å². The van der Waals surface area contributed by atoms with E-state index in [9.17, 15) is 13.2 Å². The quantitative estimate of drug-likeness (QED) is 0.352. The fourth-order valence-corrected chi connectivity index (χ4v) is 4.42. The summed E-state index contributed by atoms with van der Waals surface area (Å²) in [4.78, 5) is 11.1. The smallest absolute Gasteiger partial charge is 0.361 e. The van der Waals surface area contributed by atoms with Crippen LogP contribution in [-0.2, 0) is 6.18 Å². The fraction of sp³-hybridized carbons (Fsp3) is 0.348. The van der Waals surface area contributed by atoms with Gasteiger partial charge in [0.2, 0.25) is 5.95 Å². The highest BCUT2D eigenvalue weighted by Gasteiger charge is 2.36. The number of nitrogens with one attached hydrogen (secondary N) is 3. The maximum atomic E-state index is 15.2. The van der Waals surface area contributed by atoms with Crippen LogP contribution in [0.4, 0.5) is 23.5 Å². The Morgan fingerprint density at radius 1 is 1.18 bits per heavy atom. The molecular formula is C23H22F4N6O. The molecule has 0 saturated carbocycles. The highest BCUT2D eigenvalue weighted by atomic mass is 19.4. The zero-order chi connectivity index (χ0) is 24.0. The van der Waals surface area contributed by atoms with Crippen LogP contribution in [-0.4, -0.2) is 39.2 Å². The van der Waals surface area contributed by atoms with Gasteiger partial charge < -0.3 is 20.1 Å². The summed E-state index contributed by atoms with van der Waals surface area (Å²) in [7, 11) is 0. The number of H-pyrrole nitrogens is 1. The SMILES string of the molecule is Cc1noc(C)c1-c1cc2[nH]cc(-c3nc(NC4CCCNC4)ncc3C(F)(F)F)c2cc1F. The van der Waals surface area contributed by atoms with Gasteiger partial charge in [-0.1, -0.05) is 5.16 Å². The summed E-state index contributed by atoms with van der Waals surface area (Å²) in [5, 5.41) is 10.5. The average Bonchev–Trinajstić information content (AvgIpc) is 3.35. The van der Waals surface area contributed by atoms with Crippen LogP contribution < -0.4 is 10.6 Å². The van der Waals surface area contributed by atoms with Gasteiger partial charge >= 0.3 is 6.18 Å². The first kappa shape index (κ1) is 22.3. The number of aromatic amines is 1. The van der Waals surface area contributed by atoms with E-state index in [4.69, 9.17) is 4.52 Å². The molecule has 1 aromatic carbocycles. The first-order valence-electron chi connectivity index (χ1n) is 10.9. The van der Waals surface area contributed by atoms with E-state index in [1.54, 1.807) is 19.9 Å². The summed E-state index contributed by atoms with van der Waals surface area (Å²) < 4.78 is 61.8. The summed E-state index contributed by atoms with van der Waals surface area (Å²) in [6.07, 6.45) is -0.700. The van der Waals surface area contributed by atoms with Crippen LogP contribution in [0.5, 0.6) is 0 Å². The van der Waals surface area contributed by atoms with Gasteiger partial charge in [-0.15, -0.1) is 0 Å². The van der Waals surface area contributed by atoms with Crippen LogP contribution in [0.15, 0.2) is 29.0 Å². The van der Waals surface area contributed by atoms with Crippen molar-refractivity contribution in [2.24, 2.45) is 0 Å². The van der Waals surface area contributed by atoms with Gasteiger partial charge in [0.15, 0.2) is 0 Å². The summed E-state index contributed by atoms with van der Waals surface area (Å²) in [6.45, 7) is 4.94. The van der Waals surface area contributed by atoms with Crippen molar-refractivity contribution in [3.8, 4) is 22.4 Å². The third-order valence-electron chi connectivity index (χ3n) is 6.05. The molecule has 0 spiro atoms. The number of anilines is 1. The monoisotopic (exact) mass is 474 g/mol. The van der Waals surface area contributed by atoms with Crippen molar-refractivity contribution in [2.75, 3.05) is 18.4 Å². The van der Waals surface area contributed by atoms with Crippen molar-refractivity contribution >= 4 is 16.9 Å². The molecule has 0 amide bonds. The van der Waals surface area contributed by atoms with Crippen LogP contribution in [0, 0.1) is 19.7 Å². The Morgan fingerprint density at radius 2 is 2.00 bits per heavy atom. The second-order valence-corrected chi connectivity index (χ2v) is 8.42. The Labute approximate surface area is 192 Å². The molecule has 1 atom stereocenters. The van der Waals surface area contributed by atoms with E-state index < -0.39 is 17.6 Å². The van der Waals surface area contributed by atoms with Crippen LogP contribution in [0.25, 0.3) is 33.3 Å². The lowest BCUT2D eigenvalue weighted by molar-refractivity contribution is -0.137. The molecule has 0 aliphatic carbocycles. The number of piperidine rings is 1. The molecular weight excluding hydrogens is 452 g/mol. The molecule has 3 aromatic heterocycles. The molecule has 34 heavy (non-hydrogen) atoms. The Morgan fingerprint density at radius 3 is 2.68 bits per heavy atom. The van der Waals surface area contributed by atoms with Gasteiger partial charge in [0, 0.05) is 47.0 Å². The number of fused-ring (bicyclic) bond motifs is 1. The van der Waals surface area contributed by atoms with Crippen molar-refractivity contribution in [1.29, 1.82) is 0 Å². The lowest BCUT2D eigenvalue weighted by Crippen LogP contribution is -2.38. The molecule has 11 heteroatoms. The second-order valence-electron chi connectivity index (χ2n) is 8.42. The zero-order valence-electron chi connectivity index (χ0n) is 18.5. The average molecular weight is 474 g/mol. The minimum absolute atomic E-state index is 0.0105. The number of hydrogen-bond donors (Lipinski definition) is 3. The van der Waals surface area contributed by atoms with Crippen LogP contribution in [0.2, 0.25) is 0 Å².